The highest BCUT2D eigenvalue weighted by Crippen LogP contribution is 2.18. The largest absolute Gasteiger partial charge is 0.264 e. The first-order valence-electron chi connectivity index (χ1n) is 5.67. The van der Waals surface area contributed by atoms with Gasteiger partial charge in [0.2, 0.25) is 10.0 Å². The smallest absolute Gasteiger partial charge is 0.241 e. The van der Waals surface area contributed by atoms with Gasteiger partial charge in [-0.15, -0.1) is 0 Å². The summed E-state index contributed by atoms with van der Waals surface area (Å²) in [5, 5.41) is 0.386. The molecule has 2 aromatic rings. The second kappa shape index (κ2) is 5.69. The Balaban J connectivity index is 2.23. The molecule has 1 heterocycles. The van der Waals surface area contributed by atoms with Crippen LogP contribution in [-0.4, -0.2) is 13.4 Å². The summed E-state index contributed by atoms with van der Waals surface area (Å²) in [4.78, 5) is 4.12. The van der Waals surface area contributed by atoms with E-state index < -0.39 is 10.0 Å². The topological polar surface area (TPSA) is 59.1 Å². The summed E-state index contributed by atoms with van der Waals surface area (Å²) < 4.78 is 26.9. The molecule has 19 heavy (non-hydrogen) atoms. The second-order valence-electron chi connectivity index (χ2n) is 4.09. The van der Waals surface area contributed by atoms with Crippen LogP contribution in [0, 0.1) is 0 Å². The van der Waals surface area contributed by atoms with Gasteiger partial charge in [-0.1, -0.05) is 23.7 Å². The van der Waals surface area contributed by atoms with Gasteiger partial charge in [0.1, 0.15) is 0 Å². The van der Waals surface area contributed by atoms with Crippen molar-refractivity contribution in [3.05, 3.63) is 59.4 Å². The second-order valence-corrected chi connectivity index (χ2v) is 6.24. The molecule has 0 radical (unpaired) electrons. The molecule has 100 valence electrons. The van der Waals surface area contributed by atoms with E-state index in [-0.39, 0.29) is 10.9 Å². The summed E-state index contributed by atoms with van der Waals surface area (Å²) in [5.41, 5.74) is 0.799. The molecular weight excluding hydrogens is 284 g/mol. The van der Waals surface area contributed by atoms with Gasteiger partial charge in [-0.3, -0.25) is 4.98 Å². The van der Waals surface area contributed by atoms with Crippen LogP contribution >= 0.6 is 11.6 Å². The standard InChI is InChI=1S/C13H13ClN2O2S/c1-10(11-4-3-7-15-9-11)16-19(17,18)13-6-2-5-12(14)8-13/h2-10,16H,1H3/t10-/m0/s1. The minimum atomic E-state index is -3.59. The summed E-state index contributed by atoms with van der Waals surface area (Å²) in [6.07, 6.45) is 3.27. The van der Waals surface area contributed by atoms with E-state index >= 15 is 0 Å². The molecule has 0 spiro atoms. The lowest BCUT2D eigenvalue weighted by Crippen LogP contribution is -2.26. The summed E-state index contributed by atoms with van der Waals surface area (Å²) in [6.45, 7) is 1.76. The molecule has 0 unspecified atom stereocenters. The Morgan fingerprint density at radius 3 is 2.68 bits per heavy atom. The first-order chi connectivity index (χ1) is 8.99. The highest BCUT2D eigenvalue weighted by atomic mass is 35.5. The molecule has 1 atom stereocenters. The molecule has 0 amide bonds. The number of nitrogens with one attached hydrogen (secondary N) is 1. The van der Waals surface area contributed by atoms with Crippen molar-refractivity contribution in [1.29, 1.82) is 0 Å². The lowest BCUT2D eigenvalue weighted by molar-refractivity contribution is 0.566. The zero-order valence-corrected chi connectivity index (χ0v) is 11.8. The highest BCUT2D eigenvalue weighted by Gasteiger charge is 2.18. The quantitative estimate of drug-likeness (QED) is 0.944. The summed E-state index contributed by atoms with van der Waals surface area (Å²) in [5.74, 6) is 0. The number of hydrogen-bond acceptors (Lipinski definition) is 3. The van der Waals surface area contributed by atoms with Crippen molar-refractivity contribution in [2.45, 2.75) is 17.9 Å². The summed E-state index contributed by atoms with van der Waals surface area (Å²) >= 11 is 5.80. The summed E-state index contributed by atoms with van der Waals surface area (Å²) in [6, 6.07) is 9.37. The molecule has 0 saturated carbocycles. The van der Waals surface area contributed by atoms with Gasteiger partial charge in [0.15, 0.2) is 0 Å². The van der Waals surface area contributed by atoms with Gasteiger partial charge >= 0.3 is 0 Å². The normalized spacial score (nSPS) is 13.2. The Morgan fingerprint density at radius 1 is 1.26 bits per heavy atom. The Morgan fingerprint density at radius 2 is 2.05 bits per heavy atom. The minimum absolute atomic E-state index is 0.149. The van der Waals surface area contributed by atoms with Crippen molar-refractivity contribution >= 4 is 21.6 Å². The lowest BCUT2D eigenvalue weighted by Gasteiger charge is -2.14. The maximum absolute atomic E-state index is 12.2. The first-order valence-corrected chi connectivity index (χ1v) is 7.53. The Kier molecular flexibility index (Phi) is 4.19. The van der Waals surface area contributed by atoms with E-state index in [1.54, 1.807) is 37.5 Å². The van der Waals surface area contributed by atoms with E-state index in [9.17, 15) is 8.42 Å². The van der Waals surface area contributed by atoms with Gasteiger partial charge in [-0.2, -0.15) is 0 Å². The fourth-order valence-corrected chi connectivity index (χ4v) is 3.17. The molecular formula is C13H13ClN2O2S. The van der Waals surface area contributed by atoms with Gasteiger partial charge in [0.05, 0.1) is 4.90 Å². The van der Waals surface area contributed by atoms with Crippen molar-refractivity contribution in [3.8, 4) is 0 Å². The van der Waals surface area contributed by atoms with E-state index in [0.717, 1.165) is 5.56 Å². The average Bonchev–Trinajstić information content (AvgIpc) is 2.39. The summed E-state index contributed by atoms with van der Waals surface area (Å²) in [7, 11) is -3.59. The van der Waals surface area contributed by atoms with Crippen LogP contribution in [-0.2, 0) is 10.0 Å². The molecule has 4 nitrogen and oxygen atoms in total. The van der Waals surface area contributed by atoms with Crippen molar-refractivity contribution in [1.82, 2.24) is 9.71 Å². The Labute approximate surface area is 117 Å². The van der Waals surface area contributed by atoms with Gasteiger partial charge in [-0.25, -0.2) is 13.1 Å². The van der Waals surface area contributed by atoms with E-state index in [0.29, 0.717) is 5.02 Å². The predicted molar refractivity (Wildman–Crippen MR) is 74.4 cm³/mol. The van der Waals surface area contributed by atoms with Crippen LogP contribution in [0.1, 0.15) is 18.5 Å². The number of benzene rings is 1. The van der Waals surface area contributed by atoms with E-state index in [1.165, 1.54) is 12.1 Å². The molecule has 0 aliphatic carbocycles. The molecule has 0 bridgehead atoms. The third kappa shape index (κ3) is 3.53. The van der Waals surface area contributed by atoms with E-state index in [2.05, 4.69) is 9.71 Å². The number of pyridine rings is 1. The minimum Gasteiger partial charge on any atom is -0.264 e. The molecule has 2 rings (SSSR count). The maximum atomic E-state index is 12.2. The van der Waals surface area contributed by atoms with Crippen LogP contribution in [0.2, 0.25) is 5.02 Å². The zero-order valence-electron chi connectivity index (χ0n) is 10.2. The fraction of sp³-hybridized carbons (Fsp3) is 0.154. The molecule has 1 aromatic carbocycles. The van der Waals surface area contributed by atoms with Crippen LogP contribution in [0.4, 0.5) is 0 Å². The van der Waals surface area contributed by atoms with Gasteiger partial charge in [-0.05, 0) is 36.8 Å². The number of nitrogens with zero attached hydrogens (tertiary/aromatic N) is 1. The number of aromatic nitrogens is 1. The van der Waals surface area contributed by atoms with Gasteiger partial charge in [0.25, 0.3) is 0 Å². The maximum Gasteiger partial charge on any atom is 0.241 e. The number of halogens is 1. The molecule has 6 heteroatoms. The SMILES string of the molecule is C[C@H](NS(=O)(=O)c1cccc(Cl)c1)c1cccnc1. The third-order valence-electron chi connectivity index (χ3n) is 2.62. The van der Waals surface area contributed by atoms with Crippen LogP contribution in [0.5, 0.6) is 0 Å². The molecule has 0 aliphatic heterocycles. The van der Waals surface area contributed by atoms with Crippen molar-refractivity contribution in [2.75, 3.05) is 0 Å². The zero-order chi connectivity index (χ0) is 13.9. The van der Waals surface area contributed by atoms with Crippen LogP contribution in [0.15, 0.2) is 53.7 Å². The van der Waals surface area contributed by atoms with Crippen molar-refractivity contribution < 1.29 is 8.42 Å². The van der Waals surface area contributed by atoms with Crippen LogP contribution in [0.3, 0.4) is 0 Å². The van der Waals surface area contributed by atoms with Crippen LogP contribution in [0.25, 0.3) is 0 Å². The first kappa shape index (κ1) is 14.0. The molecule has 1 N–H and O–H groups in total. The predicted octanol–water partition coefficient (Wildman–Crippen LogP) is 2.77. The highest BCUT2D eigenvalue weighted by molar-refractivity contribution is 7.89. The van der Waals surface area contributed by atoms with Crippen molar-refractivity contribution in [2.24, 2.45) is 0 Å². The van der Waals surface area contributed by atoms with E-state index in [4.69, 9.17) is 11.6 Å². The van der Waals surface area contributed by atoms with Crippen molar-refractivity contribution in [3.63, 3.8) is 0 Å². The fourth-order valence-electron chi connectivity index (χ4n) is 1.64. The Bertz CT molecular complexity index is 659. The number of sulfonamides is 1. The third-order valence-corrected chi connectivity index (χ3v) is 4.40. The van der Waals surface area contributed by atoms with Gasteiger partial charge < -0.3 is 0 Å². The monoisotopic (exact) mass is 296 g/mol. The van der Waals surface area contributed by atoms with Gasteiger partial charge in [0, 0.05) is 23.5 Å². The molecule has 1 aromatic heterocycles. The molecule has 0 fully saturated rings. The molecule has 0 aliphatic rings. The lowest BCUT2D eigenvalue weighted by atomic mass is 10.2. The average molecular weight is 297 g/mol. The Hall–Kier alpha value is -1.43. The number of hydrogen-bond donors (Lipinski definition) is 1. The number of rotatable bonds is 4. The van der Waals surface area contributed by atoms with E-state index in [1.807, 2.05) is 6.07 Å². The van der Waals surface area contributed by atoms with Crippen LogP contribution < -0.4 is 4.72 Å². The molecule has 0 saturated heterocycles.